The van der Waals surface area contributed by atoms with Crippen LogP contribution in [-0.4, -0.2) is 84.0 Å². The van der Waals surface area contributed by atoms with Gasteiger partial charge in [-0.2, -0.15) is 0 Å². The Kier molecular flexibility index (Phi) is 8.68. The molecule has 42 heavy (non-hydrogen) atoms. The fourth-order valence-electron chi connectivity index (χ4n) is 5.53. The molecule has 0 N–H and O–H groups in total. The van der Waals surface area contributed by atoms with Crippen molar-refractivity contribution < 1.29 is 32.1 Å². The first-order chi connectivity index (χ1) is 19.7. The van der Waals surface area contributed by atoms with Gasteiger partial charge in [-0.3, -0.25) is 9.59 Å². The molecular formula is C32H37F3N3O3Si+. The summed E-state index contributed by atoms with van der Waals surface area (Å²) in [7, 11) is 8.12. The molecule has 1 heterocycles. The van der Waals surface area contributed by atoms with E-state index in [1.165, 1.54) is 19.1 Å². The number of hydrogen-bond acceptors (Lipinski definition) is 4. The molecule has 0 fully saturated rings. The van der Waals surface area contributed by atoms with E-state index in [1.807, 2.05) is 62.0 Å². The Bertz CT molecular complexity index is 1600. The van der Waals surface area contributed by atoms with E-state index < -0.39 is 43.0 Å². The summed E-state index contributed by atoms with van der Waals surface area (Å²) in [6, 6.07) is 6.88. The molecule has 10 heteroatoms. The molecule has 1 aliphatic carbocycles. The number of rotatable bonds is 7. The highest BCUT2D eigenvalue weighted by Gasteiger charge is 2.42. The van der Waals surface area contributed by atoms with Gasteiger partial charge in [0, 0.05) is 57.5 Å². The van der Waals surface area contributed by atoms with Gasteiger partial charge in [0.15, 0.2) is 23.2 Å². The number of anilines is 1. The second-order valence-corrected chi connectivity index (χ2v) is 15.9. The largest absolute Gasteiger partial charge is 0.469 e. The first kappa shape index (κ1) is 31.0. The predicted molar refractivity (Wildman–Crippen MR) is 163 cm³/mol. The highest BCUT2D eigenvalue weighted by atomic mass is 28.3. The highest BCUT2D eigenvalue weighted by molar-refractivity contribution is 6.98. The van der Waals surface area contributed by atoms with Crippen molar-refractivity contribution in [2.45, 2.75) is 25.9 Å². The van der Waals surface area contributed by atoms with Gasteiger partial charge in [0.1, 0.15) is 22.2 Å². The lowest BCUT2D eigenvalue weighted by Gasteiger charge is -2.38. The number of fused-ring (bicyclic) bond motifs is 2. The zero-order valence-corrected chi connectivity index (χ0v) is 26.4. The Morgan fingerprint density at radius 2 is 1.67 bits per heavy atom. The molecule has 0 spiro atoms. The standard InChI is InChI=1S/C32H37F3N3O3Si/c1-36(2)19-11-13-21-25(16-19)42(7,8)26-17-20(37(3)4)12-14-22(26)28(21)23-18-24(33)30(34)31(35)29(23)32(40)38(5)15-9-10-27(39)41-6/h11-14,16-18H,9-10,15H2,1-8H3/q+1. The zero-order chi connectivity index (χ0) is 31.1. The van der Waals surface area contributed by atoms with Crippen LogP contribution in [0.2, 0.25) is 13.1 Å². The number of hydrogen-bond donors (Lipinski definition) is 0. The number of methoxy groups -OCH3 is 1. The molecule has 0 bridgehead atoms. The van der Waals surface area contributed by atoms with Gasteiger partial charge in [0.2, 0.25) is 0 Å². The summed E-state index contributed by atoms with van der Waals surface area (Å²) in [5.74, 6) is -5.87. The summed E-state index contributed by atoms with van der Waals surface area (Å²) >= 11 is 0. The van der Waals surface area contributed by atoms with Crippen LogP contribution >= 0.6 is 0 Å². The number of halogens is 3. The Morgan fingerprint density at radius 3 is 2.29 bits per heavy atom. The average molecular weight is 597 g/mol. The van der Waals surface area contributed by atoms with Crippen LogP contribution < -0.4 is 10.1 Å². The molecule has 1 aliphatic heterocycles. The number of carbonyl (C=O) groups is 2. The number of nitrogens with zero attached hydrogens (tertiary/aromatic N) is 3. The molecule has 2 aromatic rings. The van der Waals surface area contributed by atoms with Crippen molar-refractivity contribution in [3.8, 4) is 0 Å². The van der Waals surface area contributed by atoms with Crippen LogP contribution in [0.3, 0.4) is 0 Å². The van der Waals surface area contributed by atoms with E-state index in [9.17, 15) is 14.0 Å². The molecule has 0 atom stereocenters. The van der Waals surface area contributed by atoms with Crippen molar-refractivity contribution in [2.75, 3.05) is 53.8 Å². The van der Waals surface area contributed by atoms with Crippen LogP contribution in [0.5, 0.6) is 0 Å². The van der Waals surface area contributed by atoms with E-state index in [0.29, 0.717) is 5.57 Å². The van der Waals surface area contributed by atoms with Crippen molar-refractivity contribution in [1.29, 1.82) is 0 Å². The van der Waals surface area contributed by atoms with Crippen molar-refractivity contribution in [1.82, 2.24) is 4.90 Å². The average Bonchev–Trinajstić information content (AvgIpc) is 2.95. The molecule has 0 saturated heterocycles. The second-order valence-electron chi connectivity index (χ2n) is 11.6. The monoisotopic (exact) mass is 596 g/mol. The van der Waals surface area contributed by atoms with E-state index in [1.54, 1.807) is 0 Å². The van der Waals surface area contributed by atoms with Crippen molar-refractivity contribution >= 4 is 42.1 Å². The Balaban J connectivity index is 2.02. The molecule has 222 valence electrons. The van der Waals surface area contributed by atoms with Crippen LogP contribution in [0, 0.1) is 17.5 Å². The Morgan fingerprint density at radius 1 is 0.976 bits per heavy atom. The SMILES string of the molecule is COC(=O)CCCN(C)C(=O)c1c(C2=C3C=CC(=[N+](C)C)C=C3[Si](C)(C)c3cc(N(C)C)ccc32)cc(F)c(F)c1F. The number of amides is 1. The van der Waals surface area contributed by atoms with E-state index in [-0.39, 0.29) is 24.9 Å². The molecule has 0 aromatic heterocycles. The number of allylic oxidation sites excluding steroid dienone is 5. The minimum Gasteiger partial charge on any atom is -0.469 e. The Hall–Kier alpha value is -3.92. The predicted octanol–water partition coefficient (Wildman–Crippen LogP) is 4.67. The van der Waals surface area contributed by atoms with Crippen LogP contribution in [0.25, 0.3) is 5.57 Å². The Labute approximate surface area is 246 Å². The summed E-state index contributed by atoms with van der Waals surface area (Å²) in [6.45, 7) is 4.55. The van der Waals surface area contributed by atoms with E-state index in [2.05, 4.69) is 30.0 Å². The van der Waals surface area contributed by atoms with Crippen molar-refractivity contribution in [3.05, 3.63) is 87.4 Å². The van der Waals surface area contributed by atoms with Gasteiger partial charge in [0.05, 0.1) is 12.7 Å². The van der Waals surface area contributed by atoms with Gasteiger partial charge in [-0.05, 0) is 57.8 Å². The second kappa shape index (κ2) is 11.8. The quantitative estimate of drug-likeness (QED) is 0.202. The number of esters is 1. The minimum atomic E-state index is -2.37. The van der Waals surface area contributed by atoms with E-state index >= 15 is 8.78 Å². The minimum absolute atomic E-state index is 0.0153. The van der Waals surface area contributed by atoms with Crippen LogP contribution in [0.4, 0.5) is 18.9 Å². The van der Waals surface area contributed by atoms with Gasteiger partial charge in [-0.25, -0.2) is 17.7 Å². The lowest BCUT2D eigenvalue weighted by molar-refractivity contribution is -0.462. The molecule has 0 radical (unpaired) electrons. The topological polar surface area (TPSA) is 52.9 Å². The first-order valence-electron chi connectivity index (χ1n) is 13.7. The third-order valence-corrected chi connectivity index (χ3v) is 11.5. The maximum absolute atomic E-state index is 15.7. The molecule has 2 aliphatic rings. The number of benzene rings is 2. The zero-order valence-electron chi connectivity index (χ0n) is 25.4. The third kappa shape index (κ3) is 5.47. The van der Waals surface area contributed by atoms with Gasteiger partial charge < -0.3 is 14.5 Å². The number of ether oxygens (including phenoxy) is 1. The normalized spacial score (nSPS) is 15.1. The fourth-order valence-corrected chi connectivity index (χ4v) is 8.60. The molecule has 0 saturated carbocycles. The van der Waals surface area contributed by atoms with Crippen LogP contribution in [0.1, 0.15) is 34.3 Å². The summed E-state index contributed by atoms with van der Waals surface area (Å²) in [5.41, 5.74) is 3.38. The highest BCUT2D eigenvalue weighted by Crippen LogP contribution is 2.43. The molecule has 2 aromatic carbocycles. The summed E-state index contributed by atoms with van der Waals surface area (Å²) in [5, 5.41) is 2.09. The van der Waals surface area contributed by atoms with Gasteiger partial charge in [0.25, 0.3) is 5.91 Å². The van der Waals surface area contributed by atoms with Crippen LogP contribution in [0.15, 0.2) is 53.3 Å². The van der Waals surface area contributed by atoms with Crippen molar-refractivity contribution in [2.24, 2.45) is 0 Å². The maximum Gasteiger partial charge on any atom is 0.305 e. The summed E-state index contributed by atoms with van der Waals surface area (Å²) in [6.07, 6.45) is 6.27. The van der Waals surface area contributed by atoms with Crippen molar-refractivity contribution in [3.63, 3.8) is 0 Å². The lowest BCUT2D eigenvalue weighted by Crippen LogP contribution is -2.50. The lowest BCUT2D eigenvalue weighted by atomic mass is 9.86. The van der Waals surface area contributed by atoms with Gasteiger partial charge >= 0.3 is 5.97 Å². The molecular weight excluding hydrogens is 559 g/mol. The van der Waals surface area contributed by atoms with Crippen LogP contribution in [-0.2, 0) is 9.53 Å². The maximum atomic E-state index is 15.7. The van der Waals surface area contributed by atoms with Gasteiger partial charge in [-0.15, -0.1) is 0 Å². The fraction of sp³-hybridized carbons (Fsp3) is 0.344. The van der Waals surface area contributed by atoms with E-state index in [4.69, 9.17) is 0 Å². The molecule has 4 rings (SSSR count). The molecule has 6 nitrogen and oxygen atoms in total. The first-order valence-corrected chi connectivity index (χ1v) is 16.7. The molecule has 0 unspecified atom stereocenters. The van der Waals surface area contributed by atoms with E-state index in [0.717, 1.165) is 39.0 Å². The third-order valence-electron chi connectivity index (χ3n) is 8.02. The smallest absolute Gasteiger partial charge is 0.305 e. The molecule has 1 amide bonds. The van der Waals surface area contributed by atoms with Gasteiger partial charge in [-0.1, -0.05) is 19.2 Å². The number of carbonyl (C=O) groups excluding carboxylic acids is 2. The summed E-state index contributed by atoms with van der Waals surface area (Å²) in [4.78, 5) is 28.5. The summed E-state index contributed by atoms with van der Waals surface area (Å²) < 4.78 is 52.1.